The number of carboxylic acid groups (broad SMARTS) is 1. The van der Waals surface area contributed by atoms with Gasteiger partial charge in [-0.15, -0.1) is 0 Å². The third kappa shape index (κ3) is 2.56. The number of rotatable bonds is 3. The van der Waals surface area contributed by atoms with Crippen molar-refractivity contribution in [3.05, 3.63) is 12.2 Å². The monoisotopic (exact) mass is 146 g/mol. The lowest BCUT2D eigenvalue weighted by molar-refractivity contribution is -0.132. The average molecular weight is 146 g/mol. The Morgan fingerprint density at radius 3 is 2.33 bits per heavy atom. The van der Waals surface area contributed by atoms with Gasteiger partial charge in [-0.2, -0.15) is 11.8 Å². The highest BCUT2D eigenvalue weighted by molar-refractivity contribution is 7.99. The van der Waals surface area contributed by atoms with Crippen molar-refractivity contribution in [1.82, 2.24) is 0 Å². The second-order valence-electron chi connectivity index (χ2n) is 1.71. The smallest absolute Gasteiger partial charge is 0.332 e. The van der Waals surface area contributed by atoms with E-state index < -0.39 is 5.97 Å². The molecule has 0 fully saturated rings. The van der Waals surface area contributed by atoms with Gasteiger partial charge in [0.15, 0.2) is 0 Å². The van der Waals surface area contributed by atoms with Gasteiger partial charge in [0.05, 0.1) is 0 Å². The van der Waals surface area contributed by atoms with E-state index in [9.17, 15) is 4.79 Å². The number of carboxylic acids is 1. The maximum atomic E-state index is 10.2. The van der Waals surface area contributed by atoms with Crippen molar-refractivity contribution in [3.8, 4) is 0 Å². The summed E-state index contributed by atoms with van der Waals surface area (Å²) in [5.41, 5.74) is 0.266. The van der Waals surface area contributed by atoms with Crippen LogP contribution in [0.2, 0.25) is 0 Å². The molecule has 1 unspecified atom stereocenters. The molecule has 0 rings (SSSR count). The fraction of sp³-hybridized carbons (Fsp3) is 0.500. The summed E-state index contributed by atoms with van der Waals surface area (Å²) in [6.45, 7) is 5.23. The predicted octanol–water partition coefficient (Wildman–Crippen LogP) is 1.38. The molecule has 0 aliphatic rings. The second-order valence-corrected chi connectivity index (χ2v) is 2.89. The van der Waals surface area contributed by atoms with Gasteiger partial charge in [-0.1, -0.05) is 6.58 Å². The summed E-state index contributed by atoms with van der Waals surface area (Å²) in [4.78, 5) is 10.2. The Balaban J connectivity index is 3.88. The number of carbonyl (C=O) groups is 1. The zero-order valence-corrected chi connectivity index (χ0v) is 6.36. The fourth-order valence-electron chi connectivity index (χ4n) is 0.316. The Kier molecular flexibility index (Phi) is 3.39. The Morgan fingerprint density at radius 2 is 2.22 bits per heavy atom. The maximum Gasteiger partial charge on any atom is 0.332 e. The minimum Gasteiger partial charge on any atom is -0.478 e. The number of hydrogen-bond donors (Lipinski definition) is 1. The minimum atomic E-state index is -0.906. The lowest BCUT2D eigenvalue weighted by Crippen LogP contribution is -2.09. The van der Waals surface area contributed by atoms with Crippen molar-refractivity contribution in [2.24, 2.45) is 0 Å². The standard InChI is InChI=1S/C6H10O2S/c1-4(6(7)8)5(2)9-3/h5H,1H2,2-3H3,(H,7,8). The van der Waals surface area contributed by atoms with Gasteiger partial charge >= 0.3 is 5.97 Å². The second kappa shape index (κ2) is 3.56. The van der Waals surface area contributed by atoms with Crippen LogP contribution in [0.5, 0.6) is 0 Å². The highest BCUT2D eigenvalue weighted by atomic mass is 32.2. The lowest BCUT2D eigenvalue weighted by Gasteiger charge is -2.05. The molecule has 0 aliphatic carbocycles. The SMILES string of the molecule is C=C(C(=O)O)C(C)SC. The first-order valence-electron chi connectivity index (χ1n) is 2.54. The first kappa shape index (κ1) is 8.56. The van der Waals surface area contributed by atoms with Crippen LogP contribution in [0.4, 0.5) is 0 Å². The van der Waals surface area contributed by atoms with Gasteiger partial charge in [0, 0.05) is 10.8 Å². The van der Waals surface area contributed by atoms with E-state index in [0.29, 0.717) is 0 Å². The molecular formula is C6H10O2S. The van der Waals surface area contributed by atoms with E-state index >= 15 is 0 Å². The van der Waals surface area contributed by atoms with Crippen LogP contribution in [0, 0.1) is 0 Å². The molecule has 1 atom stereocenters. The van der Waals surface area contributed by atoms with E-state index in [1.165, 1.54) is 11.8 Å². The van der Waals surface area contributed by atoms with Gasteiger partial charge in [-0.25, -0.2) is 4.79 Å². The lowest BCUT2D eigenvalue weighted by atomic mass is 10.2. The molecular weight excluding hydrogens is 136 g/mol. The zero-order valence-electron chi connectivity index (χ0n) is 5.55. The Hall–Kier alpha value is -0.440. The van der Waals surface area contributed by atoms with Crippen LogP contribution in [0.25, 0.3) is 0 Å². The summed E-state index contributed by atoms with van der Waals surface area (Å²) < 4.78 is 0. The van der Waals surface area contributed by atoms with E-state index in [4.69, 9.17) is 5.11 Å². The molecule has 9 heavy (non-hydrogen) atoms. The van der Waals surface area contributed by atoms with Crippen molar-refractivity contribution in [2.45, 2.75) is 12.2 Å². The summed E-state index contributed by atoms with van der Waals surface area (Å²) in [7, 11) is 0. The summed E-state index contributed by atoms with van der Waals surface area (Å²) in [6.07, 6.45) is 1.86. The van der Waals surface area contributed by atoms with Gasteiger partial charge in [0.2, 0.25) is 0 Å². The molecule has 2 nitrogen and oxygen atoms in total. The normalized spacial score (nSPS) is 12.7. The molecule has 0 amide bonds. The van der Waals surface area contributed by atoms with Gasteiger partial charge < -0.3 is 5.11 Å². The number of thioether (sulfide) groups is 1. The topological polar surface area (TPSA) is 37.3 Å². The molecule has 3 heteroatoms. The van der Waals surface area contributed by atoms with E-state index in [2.05, 4.69) is 6.58 Å². The van der Waals surface area contributed by atoms with E-state index in [1.807, 2.05) is 13.2 Å². The van der Waals surface area contributed by atoms with Crippen LogP contribution in [0.3, 0.4) is 0 Å². The van der Waals surface area contributed by atoms with Gasteiger partial charge in [0.1, 0.15) is 0 Å². The summed E-state index contributed by atoms with van der Waals surface area (Å²) in [5.74, 6) is -0.906. The van der Waals surface area contributed by atoms with Crippen LogP contribution >= 0.6 is 11.8 Å². The first-order chi connectivity index (χ1) is 4.09. The molecule has 0 saturated heterocycles. The van der Waals surface area contributed by atoms with Gasteiger partial charge in [-0.3, -0.25) is 0 Å². The van der Waals surface area contributed by atoms with E-state index in [1.54, 1.807) is 0 Å². The van der Waals surface area contributed by atoms with E-state index in [-0.39, 0.29) is 10.8 Å². The molecule has 0 aromatic heterocycles. The minimum absolute atomic E-state index is 0.0162. The summed E-state index contributed by atoms with van der Waals surface area (Å²) in [5, 5.41) is 8.39. The third-order valence-corrected chi connectivity index (χ3v) is 2.11. The quantitative estimate of drug-likeness (QED) is 0.611. The first-order valence-corrected chi connectivity index (χ1v) is 3.83. The molecule has 0 aromatic carbocycles. The van der Waals surface area contributed by atoms with Crippen LogP contribution in [0.15, 0.2) is 12.2 Å². The van der Waals surface area contributed by atoms with Crippen molar-refractivity contribution in [3.63, 3.8) is 0 Å². The molecule has 0 bridgehead atoms. The summed E-state index contributed by atoms with van der Waals surface area (Å²) >= 11 is 1.48. The third-order valence-electron chi connectivity index (χ3n) is 1.12. The highest BCUT2D eigenvalue weighted by Gasteiger charge is 2.10. The molecule has 0 spiro atoms. The largest absolute Gasteiger partial charge is 0.478 e. The molecule has 52 valence electrons. The van der Waals surface area contributed by atoms with Crippen LogP contribution in [-0.4, -0.2) is 22.6 Å². The highest BCUT2D eigenvalue weighted by Crippen LogP contribution is 2.13. The molecule has 0 saturated carbocycles. The van der Waals surface area contributed by atoms with Crippen molar-refractivity contribution in [1.29, 1.82) is 0 Å². The Morgan fingerprint density at radius 1 is 1.78 bits per heavy atom. The van der Waals surface area contributed by atoms with Crippen LogP contribution in [-0.2, 0) is 4.79 Å². The van der Waals surface area contributed by atoms with Gasteiger partial charge in [-0.05, 0) is 13.2 Å². The Labute approximate surface area is 59.0 Å². The molecule has 0 radical (unpaired) electrons. The zero-order chi connectivity index (χ0) is 7.44. The number of hydrogen-bond acceptors (Lipinski definition) is 2. The van der Waals surface area contributed by atoms with Crippen molar-refractivity contribution >= 4 is 17.7 Å². The maximum absolute atomic E-state index is 10.2. The fourth-order valence-corrected chi connectivity index (χ4v) is 0.701. The van der Waals surface area contributed by atoms with E-state index in [0.717, 1.165) is 0 Å². The molecule has 1 N–H and O–H groups in total. The molecule has 0 aliphatic heterocycles. The average Bonchev–Trinajstić information content (AvgIpc) is 1.84. The number of aliphatic carboxylic acids is 1. The predicted molar refractivity (Wildman–Crippen MR) is 39.8 cm³/mol. The van der Waals surface area contributed by atoms with Crippen LogP contribution in [0.1, 0.15) is 6.92 Å². The summed E-state index contributed by atoms with van der Waals surface area (Å²) in [6, 6.07) is 0. The van der Waals surface area contributed by atoms with Gasteiger partial charge in [0.25, 0.3) is 0 Å². The Bertz CT molecular complexity index is 131. The van der Waals surface area contributed by atoms with Crippen molar-refractivity contribution < 1.29 is 9.90 Å². The molecule has 0 heterocycles. The van der Waals surface area contributed by atoms with Crippen LogP contribution < -0.4 is 0 Å². The molecule has 0 aromatic rings. The van der Waals surface area contributed by atoms with Crippen molar-refractivity contribution in [2.75, 3.05) is 6.26 Å².